The molecule has 0 bridgehead atoms. The summed E-state index contributed by atoms with van der Waals surface area (Å²) in [6, 6.07) is 11.9. The molecule has 0 fully saturated rings. The summed E-state index contributed by atoms with van der Waals surface area (Å²) in [4.78, 5) is 3.96. The minimum atomic E-state index is 0.448. The van der Waals surface area contributed by atoms with Gasteiger partial charge >= 0.3 is 0 Å². The Morgan fingerprint density at radius 1 is 1.22 bits per heavy atom. The van der Waals surface area contributed by atoms with E-state index >= 15 is 0 Å². The Morgan fingerprint density at radius 3 is 2.72 bits per heavy atom. The first-order chi connectivity index (χ1) is 8.66. The van der Waals surface area contributed by atoms with Crippen LogP contribution in [0.2, 0.25) is 0 Å². The Kier molecular flexibility index (Phi) is 3.82. The van der Waals surface area contributed by atoms with Crippen molar-refractivity contribution in [1.29, 1.82) is 0 Å². The molecule has 2 rings (SSSR count). The van der Waals surface area contributed by atoms with Crippen LogP contribution in [0.4, 0.5) is 5.82 Å². The summed E-state index contributed by atoms with van der Waals surface area (Å²) in [5.74, 6) is 1.90. The van der Waals surface area contributed by atoms with Crippen LogP contribution in [-0.2, 0) is 6.61 Å². The van der Waals surface area contributed by atoms with E-state index in [4.69, 9.17) is 10.5 Å². The highest BCUT2D eigenvalue weighted by Gasteiger charge is 2.06. The van der Waals surface area contributed by atoms with Gasteiger partial charge in [-0.15, -0.1) is 0 Å². The molecular weight excluding hydrogens is 224 g/mol. The maximum atomic E-state index is 5.86. The fourth-order valence-corrected chi connectivity index (χ4v) is 1.83. The minimum Gasteiger partial charge on any atom is -0.489 e. The monoisotopic (exact) mass is 242 g/mol. The number of nitrogens with zero attached hydrogens (tertiary/aromatic N) is 1. The second-order valence-electron chi connectivity index (χ2n) is 4.57. The molecule has 0 radical (unpaired) electrons. The van der Waals surface area contributed by atoms with Crippen LogP contribution >= 0.6 is 0 Å². The third-order valence-corrected chi connectivity index (χ3v) is 2.78. The Morgan fingerprint density at radius 2 is 2.00 bits per heavy atom. The summed E-state index contributed by atoms with van der Waals surface area (Å²) >= 11 is 0. The number of benzene rings is 1. The van der Waals surface area contributed by atoms with Gasteiger partial charge in [0.05, 0.1) is 0 Å². The molecule has 1 aromatic carbocycles. The topological polar surface area (TPSA) is 48.1 Å². The van der Waals surface area contributed by atoms with Crippen molar-refractivity contribution >= 4 is 5.82 Å². The fraction of sp³-hybridized carbons (Fsp3) is 0.267. The number of anilines is 1. The summed E-state index contributed by atoms with van der Waals surface area (Å²) in [6.07, 6.45) is 1.70. The Labute approximate surface area is 108 Å². The molecule has 0 saturated carbocycles. The van der Waals surface area contributed by atoms with Crippen LogP contribution < -0.4 is 10.5 Å². The van der Waals surface area contributed by atoms with Crippen molar-refractivity contribution in [2.24, 2.45) is 0 Å². The van der Waals surface area contributed by atoms with Crippen LogP contribution in [0.5, 0.6) is 5.75 Å². The molecule has 0 amide bonds. The average Bonchev–Trinajstić information content (AvgIpc) is 2.37. The van der Waals surface area contributed by atoms with E-state index in [0.29, 0.717) is 18.3 Å². The highest BCUT2D eigenvalue weighted by atomic mass is 16.5. The predicted molar refractivity (Wildman–Crippen MR) is 73.5 cm³/mol. The molecule has 0 aliphatic heterocycles. The van der Waals surface area contributed by atoms with Crippen LogP contribution in [0.15, 0.2) is 42.6 Å². The van der Waals surface area contributed by atoms with Crippen molar-refractivity contribution < 1.29 is 4.74 Å². The lowest BCUT2D eigenvalue weighted by atomic mass is 10.0. The van der Waals surface area contributed by atoms with Gasteiger partial charge in [-0.1, -0.05) is 32.0 Å². The van der Waals surface area contributed by atoms with Gasteiger partial charge in [0.25, 0.3) is 0 Å². The number of rotatable bonds is 4. The molecule has 2 aromatic rings. The zero-order valence-electron chi connectivity index (χ0n) is 10.8. The summed E-state index contributed by atoms with van der Waals surface area (Å²) in [6.45, 7) is 4.83. The van der Waals surface area contributed by atoms with E-state index in [2.05, 4.69) is 24.9 Å². The lowest BCUT2D eigenvalue weighted by Crippen LogP contribution is -2.01. The summed E-state index contributed by atoms with van der Waals surface area (Å²) < 4.78 is 5.86. The molecule has 0 saturated heterocycles. The third-order valence-electron chi connectivity index (χ3n) is 2.78. The van der Waals surface area contributed by atoms with Crippen LogP contribution in [0, 0.1) is 0 Å². The summed E-state index contributed by atoms with van der Waals surface area (Å²) in [7, 11) is 0. The third kappa shape index (κ3) is 3.00. The van der Waals surface area contributed by atoms with E-state index in [1.54, 1.807) is 6.20 Å². The summed E-state index contributed by atoms with van der Waals surface area (Å²) in [5.41, 5.74) is 7.89. The van der Waals surface area contributed by atoms with Crippen LogP contribution in [-0.4, -0.2) is 4.98 Å². The van der Waals surface area contributed by atoms with Crippen LogP contribution in [0.3, 0.4) is 0 Å². The molecule has 3 heteroatoms. The van der Waals surface area contributed by atoms with Gasteiger partial charge in [-0.3, -0.25) is 0 Å². The van der Waals surface area contributed by atoms with Gasteiger partial charge in [-0.05, 0) is 35.2 Å². The number of ether oxygens (including phenoxy) is 1. The molecule has 1 aromatic heterocycles. The van der Waals surface area contributed by atoms with Crippen molar-refractivity contribution in [2.75, 3.05) is 5.73 Å². The van der Waals surface area contributed by atoms with Crippen molar-refractivity contribution in [3.63, 3.8) is 0 Å². The molecular formula is C15H18N2O. The van der Waals surface area contributed by atoms with Crippen molar-refractivity contribution in [3.8, 4) is 5.75 Å². The normalized spacial score (nSPS) is 10.6. The Bertz CT molecular complexity index is 523. The van der Waals surface area contributed by atoms with Gasteiger partial charge in [-0.2, -0.15) is 0 Å². The number of hydrogen-bond donors (Lipinski definition) is 1. The fourth-order valence-electron chi connectivity index (χ4n) is 1.83. The van der Waals surface area contributed by atoms with Crippen molar-refractivity contribution in [2.45, 2.75) is 26.4 Å². The number of nitrogen functional groups attached to an aromatic ring is 1. The van der Waals surface area contributed by atoms with Crippen LogP contribution in [0.25, 0.3) is 0 Å². The van der Waals surface area contributed by atoms with Gasteiger partial charge < -0.3 is 10.5 Å². The highest BCUT2D eigenvalue weighted by Crippen LogP contribution is 2.26. The van der Waals surface area contributed by atoms with Crippen LogP contribution in [0.1, 0.15) is 30.9 Å². The maximum Gasteiger partial charge on any atom is 0.123 e. The van der Waals surface area contributed by atoms with Gasteiger partial charge in [0, 0.05) is 6.20 Å². The molecule has 0 aliphatic carbocycles. The molecule has 0 atom stereocenters. The maximum absolute atomic E-state index is 5.86. The van der Waals surface area contributed by atoms with E-state index in [9.17, 15) is 0 Å². The number of aromatic nitrogens is 1. The zero-order valence-corrected chi connectivity index (χ0v) is 10.8. The molecule has 2 N–H and O–H groups in total. The number of nitrogens with two attached hydrogens (primary N) is 1. The van der Waals surface area contributed by atoms with E-state index in [-0.39, 0.29) is 0 Å². The second kappa shape index (κ2) is 5.54. The SMILES string of the molecule is CC(C)c1ccccc1OCc1ccnc(N)c1. The largest absolute Gasteiger partial charge is 0.489 e. The quantitative estimate of drug-likeness (QED) is 0.894. The Hall–Kier alpha value is -2.03. The highest BCUT2D eigenvalue weighted by molar-refractivity contribution is 5.36. The second-order valence-corrected chi connectivity index (χ2v) is 4.57. The first-order valence-corrected chi connectivity index (χ1v) is 6.09. The number of para-hydroxylation sites is 1. The van der Waals surface area contributed by atoms with E-state index in [0.717, 1.165) is 11.3 Å². The molecule has 0 spiro atoms. The Balaban J connectivity index is 2.11. The molecule has 1 heterocycles. The van der Waals surface area contributed by atoms with Crippen molar-refractivity contribution in [1.82, 2.24) is 4.98 Å². The first-order valence-electron chi connectivity index (χ1n) is 6.09. The van der Waals surface area contributed by atoms with Gasteiger partial charge in [-0.25, -0.2) is 4.98 Å². The van der Waals surface area contributed by atoms with E-state index in [1.807, 2.05) is 30.3 Å². The number of pyridine rings is 1. The first kappa shape index (κ1) is 12.4. The lowest BCUT2D eigenvalue weighted by Gasteiger charge is -2.13. The lowest BCUT2D eigenvalue weighted by molar-refractivity contribution is 0.302. The summed E-state index contributed by atoms with van der Waals surface area (Å²) in [5, 5.41) is 0. The van der Waals surface area contributed by atoms with Gasteiger partial charge in [0.1, 0.15) is 18.2 Å². The predicted octanol–water partition coefficient (Wildman–Crippen LogP) is 3.37. The average molecular weight is 242 g/mol. The zero-order chi connectivity index (χ0) is 13.0. The van der Waals surface area contributed by atoms with Gasteiger partial charge in [0.2, 0.25) is 0 Å². The van der Waals surface area contributed by atoms with Crippen molar-refractivity contribution in [3.05, 3.63) is 53.7 Å². The van der Waals surface area contributed by atoms with Gasteiger partial charge in [0.15, 0.2) is 0 Å². The minimum absolute atomic E-state index is 0.448. The standard InChI is InChI=1S/C15H18N2O/c1-11(2)13-5-3-4-6-14(13)18-10-12-7-8-17-15(16)9-12/h3-9,11H,10H2,1-2H3,(H2,16,17). The van der Waals surface area contributed by atoms with E-state index in [1.165, 1.54) is 5.56 Å². The molecule has 0 unspecified atom stereocenters. The molecule has 18 heavy (non-hydrogen) atoms. The number of hydrogen-bond acceptors (Lipinski definition) is 3. The molecule has 94 valence electrons. The molecule has 3 nitrogen and oxygen atoms in total. The van der Waals surface area contributed by atoms with E-state index < -0.39 is 0 Å². The molecule has 0 aliphatic rings. The smallest absolute Gasteiger partial charge is 0.123 e.